The molecule has 1 aliphatic heterocycles. The summed E-state index contributed by atoms with van der Waals surface area (Å²) in [5, 5.41) is 28.4. The van der Waals surface area contributed by atoms with Gasteiger partial charge in [0, 0.05) is 11.3 Å². The molecule has 5 heteroatoms. The minimum absolute atomic E-state index is 0.247. The Kier molecular flexibility index (Phi) is 4.64. The van der Waals surface area contributed by atoms with Crippen molar-refractivity contribution >= 4 is 11.8 Å². The Labute approximate surface area is 111 Å². The van der Waals surface area contributed by atoms with Gasteiger partial charge in [0.05, 0.1) is 12.7 Å². The summed E-state index contributed by atoms with van der Waals surface area (Å²) in [6.45, 7) is 1.73. The molecule has 0 aliphatic carbocycles. The molecule has 0 aromatic heterocycles. The van der Waals surface area contributed by atoms with E-state index in [1.807, 2.05) is 31.2 Å². The van der Waals surface area contributed by atoms with Gasteiger partial charge in [-0.2, -0.15) is 0 Å². The van der Waals surface area contributed by atoms with E-state index in [0.29, 0.717) is 6.42 Å². The highest BCUT2D eigenvalue weighted by Crippen LogP contribution is 2.32. The van der Waals surface area contributed by atoms with Crippen LogP contribution in [-0.4, -0.2) is 45.7 Å². The Morgan fingerprint density at radius 2 is 1.94 bits per heavy atom. The van der Waals surface area contributed by atoms with Crippen LogP contribution in [0, 0.1) is 6.92 Å². The van der Waals surface area contributed by atoms with Crippen LogP contribution in [0.15, 0.2) is 29.2 Å². The molecule has 3 N–H and O–H groups in total. The van der Waals surface area contributed by atoms with Crippen molar-refractivity contribution in [2.45, 2.75) is 42.0 Å². The second-order valence-corrected chi connectivity index (χ2v) is 5.74. The number of hydrogen-bond donors (Lipinski definition) is 3. The maximum atomic E-state index is 9.72. The third kappa shape index (κ3) is 3.24. The van der Waals surface area contributed by atoms with Crippen LogP contribution < -0.4 is 0 Å². The first-order valence-electron chi connectivity index (χ1n) is 5.96. The fraction of sp³-hybridized carbons (Fsp3) is 0.538. The first-order valence-corrected chi connectivity index (χ1v) is 6.84. The van der Waals surface area contributed by atoms with Crippen LogP contribution in [0.3, 0.4) is 0 Å². The molecule has 4 nitrogen and oxygen atoms in total. The lowest BCUT2D eigenvalue weighted by atomic mass is 10.0. The van der Waals surface area contributed by atoms with Crippen LogP contribution >= 0.6 is 11.8 Å². The normalized spacial score (nSPS) is 32.4. The van der Waals surface area contributed by atoms with Crippen molar-refractivity contribution in [1.82, 2.24) is 0 Å². The number of ether oxygens (including phenoxy) is 1. The van der Waals surface area contributed by atoms with Crippen LogP contribution in [0.25, 0.3) is 0 Å². The van der Waals surface area contributed by atoms with Crippen LogP contribution in [0.2, 0.25) is 0 Å². The molecule has 4 atom stereocenters. The van der Waals surface area contributed by atoms with E-state index in [0.717, 1.165) is 4.90 Å². The van der Waals surface area contributed by atoms with Gasteiger partial charge in [0.2, 0.25) is 0 Å². The van der Waals surface area contributed by atoms with E-state index in [2.05, 4.69) is 0 Å². The van der Waals surface area contributed by atoms with Gasteiger partial charge < -0.3 is 20.1 Å². The lowest BCUT2D eigenvalue weighted by molar-refractivity contribution is -0.157. The number of rotatable bonds is 3. The molecule has 2 rings (SSSR count). The highest BCUT2D eigenvalue weighted by atomic mass is 32.2. The fourth-order valence-corrected chi connectivity index (χ4v) is 3.00. The Hall–Kier alpha value is -0.590. The number of thioether (sulfide) groups is 1. The topological polar surface area (TPSA) is 69.9 Å². The minimum atomic E-state index is -1.01. The molecule has 18 heavy (non-hydrogen) atoms. The predicted molar refractivity (Wildman–Crippen MR) is 69.4 cm³/mol. The summed E-state index contributed by atoms with van der Waals surface area (Å²) in [5.74, 6) is 0. The van der Waals surface area contributed by atoms with Gasteiger partial charge in [0.1, 0.15) is 17.6 Å². The highest BCUT2D eigenvalue weighted by molar-refractivity contribution is 7.99. The summed E-state index contributed by atoms with van der Waals surface area (Å²) in [6, 6.07) is 8.02. The maximum Gasteiger partial charge on any atom is 0.110 e. The van der Waals surface area contributed by atoms with Gasteiger partial charge in [-0.15, -0.1) is 0 Å². The first-order chi connectivity index (χ1) is 8.60. The van der Waals surface area contributed by atoms with Crippen molar-refractivity contribution in [3.63, 3.8) is 0 Å². The molecule has 1 aromatic rings. The van der Waals surface area contributed by atoms with Crippen molar-refractivity contribution in [2.24, 2.45) is 0 Å². The van der Waals surface area contributed by atoms with Crippen LogP contribution in [0.1, 0.15) is 12.0 Å². The molecule has 1 saturated heterocycles. The van der Waals surface area contributed by atoms with Gasteiger partial charge in [-0.3, -0.25) is 0 Å². The molecular weight excluding hydrogens is 252 g/mol. The quantitative estimate of drug-likeness (QED) is 0.762. The number of benzene rings is 1. The van der Waals surface area contributed by atoms with Crippen LogP contribution in [-0.2, 0) is 4.74 Å². The molecule has 0 amide bonds. The second-order valence-electron chi connectivity index (χ2n) is 4.51. The van der Waals surface area contributed by atoms with Crippen LogP contribution in [0.4, 0.5) is 0 Å². The summed E-state index contributed by atoms with van der Waals surface area (Å²) in [6.07, 6.45) is -2.21. The van der Waals surface area contributed by atoms with Gasteiger partial charge in [-0.05, 0) is 19.1 Å². The first kappa shape index (κ1) is 13.8. The number of aliphatic hydroxyl groups is 3. The van der Waals surface area contributed by atoms with Crippen molar-refractivity contribution in [3.05, 3.63) is 29.8 Å². The van der Waals surface area contributed by atoms with E-state index in [9.17, 15) is 10.2 Å². The summed E-state index contributed by atoms with van der Waals surface area (Å²) in [7, 11) is 0. The summed E-state index contributed by atoms with van der Waals surface area (Å²) in [4.78, 5) is 1.05. The SMILES string of the molecule is Cc1ccc(S[C@@H]2C[C@@H](O)[C@@H](O)[C@@H](CO)O2)cc1. The van der Waals surface area contributed by atoms with Crippen molar-refractivity contribution in [3.8, 4) is 0 Å². The van der Waals surface area contributed by atoms with E-state index in [4.69, 9.17) is 9.84 Å². The molecular formula is C13H18O4S. The van der Waals surface area contributed by atoms with Gasteiger partial charge in [0.15, 0.2) is 0 Å². The number of aryl methyl sites for hydroxylation is 1. The molecule has 1 aliphatic rings. The molecule has 0 unspecified atom stereocenters. The molecule has 1 aromatic carbocycles. The van der Waals surface area contributed by atoms with Gasteiger partial charge in [0.25, 0.3) is 0 Å². The second kappa shape index (κ2) is 6.04. The molecule has 0 spiro atoms. The van der Waals surface area contributed by atoms with E-state index in [1.54, 1.807) is 0 Å². The number of hydrogen-bond acceptors (Lipinski definition) is 5. The van der Waals surface area contributed by atoms with Gasteiger partial charge >= 0.3 is 0 Å². The third-order valence-electron chi connectivity index (χ3n) is 3.00. The van der Waals surface area contributed by atoms with E-state index in [1.165, 1.54) is 17.3 Å². The minimum Gasteiger partial charge on any atom is -0.394 e. The van der Waals surface area contributed by atoms with Crippen LogP contribution in [0.5, 0.6) is 0 Å². The predicted octanol–water partition coefficient (Wildman–Crippen LogP) is 0.916. The summed E-state index contributed by atoms with van der Waals surface area (Å²) < 4.78 is 5.56. The maximum absolute atomic E-state index is 9.72. The average Bonchev–Trinajstić information content (AvgIpc) is 2.36. The average molecular weight is 270 g/mol. The van der Waals surface area contributed by atoms with Crippen molar-refractivity contribution < 1.29 is 20.1 Å². The van der Waals surface area contributed by atoms with E-state index < -0.39 is 18.3 Å². The molecule has 0 radical (unpaired) electrons. The lowest BCUT2D eigenvalue weighted by Crippen LogP contribution is -2.48. The lowest BCUT2D eigenvalue weighted by Gasteiger charge is -2.35. The summed E-state index contributed by atoms with van der Waals surface area (Å²) in [5.41, 5.74) is 0.941. The Bertz CT molecular complexity index is 381. The number of aliphatic hydroxyl groups excluding tert-OH is 3. The van der Waals surface area contributed by atoms with Crippen molar-refractivity contribution in [1.29, 1.82) is 0 Å². The largest absolute Gasteiger partial charge is 0.394 e. The molecule has 0 bridgehead atoms. The Balaban J connectivity index is 1.99. The van der Waals surface area contributed by atoms with E-state index >= 15 is 0 Å². The standard InChI is InChI=1S/C13H18O4S/c1-8-2-4-9(5-3-8)18-12-6-10(15)13(16)11(7-14)17-12/h2-5,10-16H,6-7H2,1H3/t10-,11-,12-,13-/m1/s1. The Morgan fingerprint density at radius 3 is 2.56 bits per heavy atom. The van der Waals surface area contributed by atoms with E-state index in [-0.39, 0.29) is 12.0 Å². The zero-order valence-electron chi connectivity index (χ0n) is 10.2. The molecule has 1 heterocycles. The highest BCUT2D eigenvalue weighted by Gasteiger charge is 2.36. The monoisotopic (exact) mass is 270 g/mol. The molecule has 1 fully saturated rings. The Morgan fingerprint density at radius 1 is 1.28 bits per heavy atom. The van der Waals surface area contributed by atoms with Crippen molar-refractivity contribution in [2.75, 3.05) is 6.61 Å². The smallest absolute Gasteiger partial charge is 0.110 e. The fourth-order valence-electron chi connectivity index (χ4n) is 1.91. The van der Waals surface area contributed by atoms with Gasteiger partial charge in [-0.1, -0.05) is 29.5 Å². The molecule has 100 valence electrons. The zero-order chi connectivity index (χ0) is 13.1. The third-order valence-corrected chi connectivity index (χ3v) is 4.11. The summed E-state index contributed by atoms with van der Waals surface area (Å²) >= 11 is 1.49. The van der Waals surface area contributed by atoms with Gasteiger partial charge in [-0.25, -0.2) is 0 Å². The zero-order valence-corrected chi connectivity index (χ0v) is 11.0. The molecule has 0 saturated carbocycles.